The van der Waals surface area contributed by atoms with Gasteiger partial charge < -0.3 is 10.6 Å². The van der Waals surface area contributed by atoms with Crippen molar-refractivity contribution in [3.05, 3.63) is 23.9 Å². The molecule has 1 aromatic rings. The molecule has 1 aliphatic rings. The molecule has 2 N–H and O–H groups in total. The molecule has 1 fully saturated rings. The molecule has 0 aliphatic carbocycles. The van der Waals surface area contributed by atoms with Crippen LogP contribution in [0, 0.1) is 0 Å². The van der Waals surface area contributed by atoms with Gasteiger partial charge in [-0.2, -0.15) is 13.2 Å². The van der Waals surface area contributed by atoms with Crippen molar-refractivity contribution in [1.29, 1.82) is 0 Å². The lowest BCUT2D eigenvalue weighted by molar-refractivity contribution is -0.0329. The van der Waals surface area contributed by atoms with Crippen LogP contribution in [0.25, 0.3) is 0 Å². The summed E-state index contributed by atoms with van der Waals surface area (Å²) in [6, 6.07) is 2.75. The van der Waals surface area contributed by atoms with Crippen LogP contribution in [0.1, 0.15) is 16.8 Å². The summed E-state index contributed by atoms with van der Waals surface area (Å²) < 4.78 is 37.1. The van der Waals surface area contributed by atoms with Crippen LogP contribution in [0.3, 0.4) is 0 Å². The number of nitrogens with one attached hydrogen (secondary N) is 2. The number of hydrogen-bond donors (Lipinski definition) is 2. The minimum atomic E-state index is -4.46. The Kier molecular flexibility index (Phi) is 6.09. The molecule has 9 heteroatoms. The molecule has 0 radical (unpaired) electrons. The third-order valence-corrected chi connectivity index (χ3v) is 3.37. The Labute approximate surface area is 124 Å². The lowest BCUT2D eigenvalue weighted by Gasteiger charge is -2.13. The summed E-state index contributed by atoms with van der Waals surface area (Å²) in [5, 5.41) is 5.44. The quantitative estimate of drug-likeness (QED) is 0.836. The maximum atomic E-state index is 12.4. The van der Waals surface area contributed by atoms with Crippen LogP contribution >= 0.6 is 24.2 Å². The molecule has 1 amide bonds. The fourth-order valence-corrected chi connectivity index (χ4v) is 2.40. The first kappa shape index (κ1) is 17.1. The smallest absolute Gasteiger partial charge is 0.348 e. The van der Waals surface area contributed by atoms with Gasteiger partial charge in [0.15, 0.2) is 0 Å². The van der Waals surface area contributed by atoms with Crippen LogP contribution in [0.15, 0.2) is 23.4 Å². The zero-order chi connectivity index (χ0) is 13.9. The maximum Gasteiger partial charge on any atom is 0.447 e. The summed E-state index contributed by atoms with van der Waals surface area (Å²) in [5.41, 5.74) is -4.50. The number of rotatable bonds is 3. The number of pyridine rings is 1. The van der Waals surface area contributed by atoms with E-state index in [1.807, 2.05) is 0 Å². The van der Waals surface area contributed by atoms with Crippen LogP contribution in [0.2, 0.25) is 0 Å². The van der Waals surface area contributed by atoms with Crippen LogP contribution in [0.4, 0.5) is 13.2 Å². The normalized spacial score (nSPS) is 18.4. The lowest BCUT2D eigenvalue weighted by Crippen LogP contribution is -2.36. The van der Waals surface area contributed by atoms with E-state index >= 15 is 0 Å². The van der Waals surface area contributed by atoms with Crippen molar-refractivity contribution in [1.82, 2.24) is 15.6 Å². The molecule has 20 heavy (non-hydrogen) atoms. The standard InChI is InChI=1S/C11H12F3N3OS.ClH/c12-11(13,14)19-10-8(2-1-4-16-10)9(18)17-7-3-5-15-6-7;/h1-2,4,7,15H,3,5-6H2,(H,17,18);1H. The highest BCUT2D eigenvalue weighted by Gasteiger charge is 2.32. The van der Waals surface area contributed by atoms with Gasteiger partial charge in [0, 0.05) is 30.5 Å². The monoisotopic (exact) mass is 327 g/mol. The predicted octanol–water partition coefficient (Wildman–Crippen LogP) is 2.21. The highest BCUT2D eigenvalue weighted by Crippen LogP contribution is 2.37. The Hall–Kier alpha value is -0.990. The summed E-state index contributed by atoms with van der Waals surface area (Å²) >= 11 is -0.374. The minimum Gasteiger partial charge on any atom is -0.348 e. The Morgan fingerprint density at radius 3 is 2.85 bits per heavy atom. The highest BCUT2D eigenvalue weighted by atomic mass is 35.5. The molecule has 1 aromatic heterocycles. The third kappa shape index (κ3) is 4.84. The molecule has 1 atom stereocenters. The van der Waals surface area contributed by atoms with Crippen molar-refractivity contribution in [2.75, 3.05) is 13.1 Å². The second-order valence-electron chi connectivity index (χ2n) is 4.07. The first-order valence-electron chi connectivity index (χ1n) is 5.68. The molecule has 0 aromatic carbocycles. The van der Waals surface area contributed by atoms with Crippen LogP contribution < -0.4 is 10.6 Å². The molecule has 1 saturated heterocycles. The Morgan fingerprint density at radius 1 is 1.50 bits per heavy atom. The fraction of sp³-hybridized carbons (Fsp3) is 0.455. The Morgan fingerprint density at radius 2 is 2.25 bits per heavy atom. The number of hydrogen-bond acceptors (Lipinski definition) is 4. The zero-order valence-corrected chi connectivity index (χ0v) is 11.9. The second-order valence-corrected chi connectivity index (χ2v) is 5.12. The lowest BCUT2D eigenvalue weighted by atomic mass is 10.2. The van der Waals surface area contributed by atoms with Gasteiger partial charge in [0.1, 0.15) is 5.03 Å². The molecular formula is C11H13ClF3N3OS. The third-order valence-electron chi connectivity index (χ3n) is 2.62. The number of aromatic nitrogens is 1. The van der Waals surface area contributed by atoms with Crippen molar-refractivity contribution in [3.8, 4) is 0 Å². The van der Waals surface area contributed by atoms with Crippen molar-refractivity contribution < 1.29 is 18.0 Å². The molecule has 0 saturated carbocycles. The summed E-state index contributed by atoms with van der Waals surface area (Å²) in [6.07, 6.45) is 2.01. The van der Waals surface area contributed by atoms with E-state index < -0.39 is 11.4 Å². The average molecular weight is 328 g/mol. The molecule has 0 spiro atoms. The van der Waals surface area contributed by atoms with E-state index in [1.54, 1.807) is 0 Å². The molecule has 2 heterocycles. The van der Waals surface area contributed by atoms with Crippen molar-refractivity contribution in [2.24, 2.45) is 0 Å². The topological polar surface area (TPSA) is 54.0 Å². The minimum absolute atomic E-state index is 0. The van der Waals surface area contributed by atoms with Crippen LogP contribution in [0.5, 0.6) is 0 Å². The largest absolute Gasteiger partial charge is 0.447 e. The molecule has 1 unspecified atom stereocenters. The molecule has 1 aliphatic heterocycles. The fourth-order valence-electron chi connectivity index (χ4n) is 1.80. The van der Waals surface area contributed by atoms with Crippen molar-refractivity contribution in [2.45, 2.75) is 23.0 Å². The Balaban J connectivity index is 0.00000200. The van der Waals surface area contributed by atoms with E-state index in [2.05, 4.69) is 15.6 Å². The summed E-state index contributed by atoms with van der Waals surface area (Å²) in [7, 11) is 0. The van der Waals surface area contributed by atoms with Gasteiger partial charge >= 0.3 is 5.51 Å². The van der Waals surface area contributed by atoms with E-state index in [0.29, 0.717) is 6.54 Å². The summed E-state index contributed by atoms with van der Waals surface area (Å²) in [6.45, 7) is 1.43. The average Bonchev–Trinajstić information content (AvgIpc) is 2.80. The number of nitrogens with zero attached hydrogens (tertiary/aromatic N) is 1. The van der Waals surface area contributed by atoms with Gasteiger partial charge in [0.25, 0.3) is 5.91 Å². The van der Waals surface area contributed by atoms with Crippen LogP contribution in [-0.4, -0.2) is 35.5 Å². The van der Waals surface area contributed by atoms with Gasteiger partial charge in [0.2, 0.25) is 0 Å². The highest BCUT2D eigenvalue weighted by molar-refractivity contribution is 8.00. The van der Waals surface area contributed by atoms with E-state index in [-0.39, 0.29) is 40.8 Å². The van der Waals surface area contributed by atoms with Crippen molar-refractivity contribution >= 4 is 30.1 Å². The maximum absolute atomic E-state index is 12.4. The number of alkyl halides is 3. The van der Waals surface area contributed by atoms with Crippen molar-refractivity contribution in [3.63, 3.8) is 0 Å². The number of thioether (sulfide) groups is 1. The predicted molar refractivity (Wildman–Crippen MR) is 72.1 cm³/mol. The van der Waals surface area contributed by atoms with Gasteiger partial charge in [-0.05, 0) is 25.1 Å². The number of amides is 1. The van der Waals surface area contributed by atoms with Crippen LogP contribution in [-0.2, 0) is 0 Å². The SMILES string of the molecule is Cl.O=C(NC1CCNC1)c1cccnc1SC(F)(F)F. The molecule has 0 bridgehead atoms. The first-order chi connectivity index (χ1) is 8.96. The van der Waals surface area contributed by atoms with Gasteiger partial charge in [0.05, 0.1) is 5.56 Å². The number of carbonyl (C=O) groups excluding carboxylic acids is 1. The molecule has 2 rings (SSSR count). The zero-order valence-electron chi connectivity index (χ0n) is 10.2. The number of halogens is 4. The van der Waals surface area contributed by atoms with E-state index in [4.69, 9.17) is 0 Å². The van der Waals surface area contributed by atoms with E-state index in [9.17, 15) is 18.0 Å². The Bertz CT molecular complexity index is 466. The van der Waals surface area contributed by atoms with E-state index in [1.165, 1.54) is 18.3 Å². The molecular weight excluding hydrogens is 315 g/mol. The molecule has 4 nitrogen and oxygen atoms in total. The van der Waals surface area contributed by atoms with Gasteiger partial charge in [-0.1, -0.05) is 0 Å². The van der Waals surface area contributed by atoms with Gasteiger partial charge in [-0.25, -0.2) is 4.98 Å². The number of carbonyl (C=O) groups is 1. The summed E-state index contributed by atoms with van der Waals surface area (Å²) in [5.74, 6) is -0.520. The van der Waals surface area contributed by atoms with Gasteiger partial charge in [-0.15, -0.1) is 12.4 Å². The van der Waals surface area contributed by atoms with E-state index in [0.717, 1.165) is 13.0 Å². The molecule has 112 valence electrons. The summed E-state index contributed by atoms with van der Waals surface area (Å²) in [4.78, 5) is 15.6. The van der Waals surface area contributed by atoms with Gasteiger partial charge in [-0.3, -0.25) is 4.79 Å². The first-order valence-corrected chi connectivity index (χ1v) is 6.50. The second kappa shape index (κ2) is 7.14.